The van der Waals surface area contributed by atoms with Crippen LogP contribution in [0.2, 0.25) is 0 Å². The Morgan fingerprint density at radius 2 is 2.05 bits per heavy atom. The summed E-state index contributed by atoms with van der Waals surface area (Å²) in [6.07, 6.45) is 0.386. The number of carbonyl (C=O) groups excluding carboxylic acids is 1. The van der Waals surface area contributed by atoms with Crippen molar-refractivity contribution in [3.63, 3.8) is 0 Å². The topological polar surface area (TPSA) is 99.1 Å². The lowest BCUT2D eigenvalue weighted by Gasteiger charge is -2.10. The molecule has 1 aromatic rings. The van der Waals surface area contributed by atoms with Crippen molar-refractivity contribution in [1.29, 1.82) is 5.26 Å². The number of nitrogens with zero attached hydrogens (tertiary/aromatic N) is 1. The number of hydrogen-bond donors (Lipinski definition) is 2. The average molecular weight is 293 g/mol. The van der Waals surface area contributed by atoms with Gasteiger partial charge in [0.1, 0.15) is 0 Å². The van der Waals surface area contributed by atoms with Gasteiger partial charge in [-0.2, -0.15) is 5.26 Å². The molecule has 1 aliphatic heterocycles. The summed E-state index contributed by atoms with van der Waals surface area (Å²) in [4.78, 5) is 11.2. The van der Waals surface area contributed by atoms with Crippen molar-refractivity contribution in [2.24, 2.45) is 0 Å². The molecule has 2 rings (SSSR count). The molecule has 20 heavy (non-hydrogen) atoms. The zero-order chi connectivity index (χ0) is 14.6. The first-order valence-corrected chi connectivity index (χ1v) is 7.89. The van der Waals surface area contributed by atoms with Crippen molar-refractivity contribution >= 4 is 15.7 Å². The zero-order valence-electron chi connectivity index (χ0n) is 10.8. The molecular weight excluding hydrogens is 278 g/mol. The van der Waals surface area contributed by atoms with Gasteiger partial charge in [-0.1, -0.05) is 0 Å². The van der Waals surface area contributed by atoms with Crippen LogP contribution in [0.3, 0.4) is 0 Å². The molecular formula is C13H15N3O3S. The highest BCUT2D eigenvalue weighted by molar-refractivity contribution is 7.91. The fourth-order valence-corrected chi connectivity index (χ4v) is 3.17. The van der Waals surface area contributed by atoms with Crippen LogP contribution in [0.1, 0.15) is 12.0 Å². The number of benzene rings is 1. The van der Waals surface area contributed by atoms with Gasteiger partial charge in [0.15, 0.2) is 9.84 Å². The first-order valence-electron chi connectivity index (χ1n) is 6.24. The van der Waals surface area contributed by atoms with Crippen LogP contribution in [0.15, 0.2) is 29.2 Å². The Morgan fingerprint density at radius 1 is 1.35 bits per heavy atom. The molecule has 0 radical (unpaired) electrons. The van der Waals surface area contributed by atoms with Gasteiger partial charge in [-0.15, -0.1) is 0 Å². The summed E-state index contributed by atoms with van der Waals surface area (Å²) in [6, 6.07) is 7.79. The van der Waals surface area contributed by atoms with Crippen LogP contribution in [0.25, 0.3) is 0 Å². The normalized spacial score (nSPS) is 18.6. The van der Waals surface area contributed by atoms with Crippen LogP contribution in [-0.4, -0.2) is 39.2 Å². The van der Waals surface area contributed by atoms with Gasteiger partial charge in [0.05, 0.1) is 22.3 Å². The first-order chi connectivity index (χ1) is 9.51. The number of nitrogens with one attached hydrogen (secondary N) is 2. The zero-order valence-corrected chi connectivity index (χ0v) is 11.6. The van der Waals surface area contributed by atoms with E-state index in [0.29, 0.717) is 25.1 Å². The van der Waals surface area contributed by atoms with Crippen LogP contribution >= 0.6 is 0 Å². The SMILES string of the molecule is N#Cc1ccc(S(=O)(=O)CCNC2CNC(=O)C2)cc1. The number of rotatable bonds is 5. The van der Waals surface area contributed by atoms with Crippen molar-refractivity contribution in [1.82, 2.24) is 10.6 Å². The van der Waals surface area contributed by atoms with E-state index in [0.717, 1.165) is 0 Å². The Morgan fingerprint density at radius 3 is 2.60 bits per heavy atom. The van der Waals surface area contributed by atoms with E-state index in [2.05, 4.69) is 10.6 Å². The second-order valence-electron chi connectivity index (χ2n) is 4.61. The number of sulfone groups is 1. The van der Waals surface area contributed by atoms with Gasteiger partial charge in [-0.3, -0.25) is 4.79 Å². The summed E-state index contributed by atoms with van der Waals surface area (Å²) in [5, 5.41) is 14.4. The fourth-order valence-electron chi connectivity index (χ4n) is 2.00. The molecule has 6 nitrogen and oxygen atoms in total. The molecule has 0 aliphatic carbocycles. The fraction of sp³-hybridized carbons (Fsp3) is 0.385. The minimum Gasteiger partial charge on any atom is -0.354 e. The molecule has 0 saturated carbocycles. The molecule has 1 unspecified atom stereocenters. The van der Waals surface area contributed by atoms with Crippen molar-refractivity contribution in [3.8, 4) is 6.07 Å². The van der Waals surface area contributed by atoms with Crippen molar-refractivity contribution in [3.05, 3.63) is 29.8 Å². The van der Waals surface area contributed by atoms with Crippen molar-refractivity contribution in [2.75, 3.05) is 18.8 Å². The van der Waals surface area contributed by atoms with E-state index in [9.17, 15) is 13.2 Å². The Kier molecular flexibility index (Phi) is 4.37. The summed E-state index contributed by atoms with van der Waals surface area (Å²) < 4.78 is 24.1. The Hall–Kier alpha value is -1.91. The minimum absolute atomic E-state index is 0.00124. The van der Waals surface area contributed by atoms with Crippen LogP contribution in [0.4, 0.5) is 0 Å². The molecule has 2 N–H and O–H groups in total. The van der Waals surface area contributed by atoms with E-state index in [1.54, 1.807) is 0 Å². The van der Waals surface area contributed by atoms with E-state index in [4.69, 9.17) is 5.26 Å². The molecule has 1 fully saturated rings. The number of nitriles is 1. The monoisotopic (exact) mass is 293 g/mol. The van der Waals surface area contributed by atoms with Crippen LogP contribution in [-0.2, 0) is 14.6 Å². The Labute approximate surface area is 117 Å². The summed E-state index contributed by atoms with van der Waals surface area (Å²) >= 11 is 0. The van der Waals surface area contributed by atoms with E-state index in [1.807, 2.05) is 6.07 Å². The Balaban J connectivity index is 1.90. The highest BCUT2D eigenvalue weighted by Crippen LogP contribution is 2.12. The smallest absolute Gasteiger partial charge is 0.221 e. The number of amides is 1. The molecule has 1 amide bonds. The van der Waals surface area contributed by atoms with Crippen molar-refractivity contribution in [2.45, 2.75) is 17.4 Å². The van der Waals surface area contributed by atoms with Crippen LogP contribution in [0, 0.1) is 11.3 Å². The third kappa shape index (κ3) is 3.56. The summed E-state index contributed by atoms with van der Waals surface area (Å²) in [5.41, 5.74) is 0.428. The lowest BCUT2D eigenvalue weighted by Crippen LogP contribution is -2.34. The molecule has 1 atom stereocenters. The predicted octanol–water partition coefficient (Wildman–Crippen LogP) is -0.190. The standard InChI is InChI=1S/C13H15N3O3S/c14-8-10-1-3-12(4-2-10)20(18,19)6-5-15-11-7-13(17)16-9-11/h1-4,11,15H,5-7,9H2,(H,16,17). The van der Waals surface area contributed by atoms with E-state index in [-0.39, 0.29) is 22.6 Å². The summed E-state index contributed by atoms with van der Waals surface area (Å²) in [7, 11) is -3.37. The molecule has 7 heteroatoms. The van der Waals surface area contributed by atoms with Gasteiger partial charge >= 0.3 is 0 Å². The second-order valence-corrected chi connectivity index (χ2v) is 6.72. The minimum atomic E-state index is -3.37. The summed E-state index contributed by atoms with van der Waals surface area (Å²) in [6.45, 7) is 0.831. The third-order valence-electron chi connectivity index (χ3n) is 3.12. The van der Waals surface area contributed by atoms with Gasteiger partial charge in [0.25, 0.3) is 0 Å². The van der Waals surface area contributed by atoms with E-state index >= 15 is 0 Å². The first kappa shape index (κ1) is 14.5. The third-order valence-corrected chi connectivity index (χ3v) is 4.86. The molecule has 0 bridgehead atoms. The van der Waals surface area contributed by atoms with Gasteiger partial charge in [-0.25, -0.2) is 8.42 Å². The lowest BCUT2D eigenvalue weighted by molar-refractivity contribution is -0.119. The molecule has 1 aliphatic rings. The molecule has 1 heterocycles. The molecule has 1 aromatic carbocycles. The van der Waals surface area contributed by atoms with Gasteiger partial charge < -0.3 is 10.6 Å². The van der Waals surface area contributed by atoms with E-state index in [1.165, 1.54) is 24.3 Å². The average Bonchev–Trinajstić information content (AvgIpc) is 2.84. The molecule has 1 saturated heterocycles. The van der Waals surface area contributed by atoms with E-state index < -0.39 is 9.84 Å². The predicted molar refractivity (Wildman–Crippen MR) is 72.6 cm³/mol. The molecule has 0 spiro atoms. The highest BCUT2D eigenvalue weighted by atomic mass is 32.2. The maximum atomic E-state index is 12.1. The quantitative estimate of drug-likeness (QED) is 0.784. The maximum absolute atomic E-state index is 12.1. The van der Waals surface area contributed by atoms with Gasteiger partial charge in [0.2, 0.25) is 5.91 Å². The van der Waals surface area contributed by atoms with Crippen LogP contribution in [0.5, 0.6) is 0 Å². The van der Waals surface area contributed by atoms with Gasteiger partial charge in [0, 0.05) is 25.6 Å². The Bertz CT molecular complexity index is 632. The molecule has 106 valence electrons. The largest absolute Gasteiger partial charge is 0.354 e. The molecule has 0 aromatic heterocycles. The van der Waals surface area contributed by atoms with Crippen molar-refractivity contribution < 1.29 is 13.2 Å². The second kappa shape index (κ2) is 6.03. The van der Waals surface area contributed by atoms with Gasteiger partial charge in [-0.05, 0) is 24.3 Å². The summed E-state index contributed by atoms with van der Waals surface area (Å²) in [5.74, 6) is -0.0544. The highest BCUT2D eigenvalue weighted by Gasteiger charge is 2.21. The maximum Gasteiger partial charge on any atom is 0.221 e. The lowest BCUT2D eigenvalue weighted by atomic mass is 10.2. The van der Waals surface area contributed by atoms with Crippen LogP contribution < -0.4 is 10.6 Å². The number of carbonyl (C=O) groups is 1. The number of hydrogen-bond acceptors (Lipinski definition) is 5.